The van der Waals surface area contributed by atoms with Crippen molar-refractivity contribution in [2.75, 3.05) is 6.61 Å². The summed E-state index contributed by atoms with van der Waals surface area (Å²) in [5, 5.41) is 21.6. The molecule has 0 aliphatic heterocycles. The number of carbonyl (C=O) groups excluding carboxylic acids is 1. The first-order valence-electron chi connectivity index (χ1n) is 6.58. The van der Waals surface area contributed by atoms with Crippen molar-refractivity contribution in [3.63, 3.8) is 0 Å². The van der Waals surface area contributed by atoms with Gasteiger partial charge in [-0.15, -0.1) is 0 Å². The first-order chi connectivity index (χ1) is 10.3. The molecule has 2 aliphatic carbocycles. The molecule has 116 valence electrons. The first-order valence-corrected chi connectivity index (χ1v) is 7.50. The maximum absolute atomic E-state index is 12.0. The zero-order chi connectivity index (χ0) is 16.1. The largest absolute Gasteiger partial charge is 0.462 e. The molecule has 0 N–H and O–H groups in total. The molecule has 2 aliphatic rings. The second-order valence-electron chi connectivity index (χ2n) is 5.66. The Morgan fingerprint density at radius 2 is 1.77 bits per heavy atom. The van der Waals surface area contributed by atoms with E-state index >= 15 is 0 Å². The Morgan fingerprint density at radius 1 is 1.23 bits per heavy atom. The van der Waals surface area contributed by atoms with Crippen molar-refractivity contribution in [1.82, 2.24) is 0 Å². The smallest absolute Gasteiger partial charge is 0.338 e. The van der Waals surface area contributed by atoms with Crippen LogP contribution in [0.1, 0.15) is 23.2 Å². The lowest BCUT2D eigenvalue weighted by atomic mass is 10.2. The van der Waals surface area contributed by atoms with E-state index in [1.807, 2.05) is 0 Å². The summed E-state index contributed by atoms with van der Waals surface area (Å²) in [4.78, 5) is 32.4. The molecule has 3 rings (SSSR count). The maximum Gasteiger partial charge on any atom is 0.338 e. The minimum Gasteiger partial charge on any atom is -0.462 e. The van der Waals surface area contributed by atoms with E-state index in [9.17, 15) is 25.0 Å². The molecule has 8 nitrogen and oxygen atoms in total. The average molecular weight is 371 g/mol. The fourth-order valence-corrected chi connectivity index (χ4v) is 3.88. The monoisotopic (exact) mass is 370 g/mol. The lowest BCUT2D eigenvalue weighted by Gasteiger charge is -2.04. The molecule has 3 atom stereocenters. The molecule has 0 bridgehead atoms. The van der Waals surface area contributed by atoms with Gasteiger partial charge in [0.25, 0.3) is 11.4 Å². The Kier molecular flexibility index (Phi) is 3.39. The predicted molar refractivity (Wildman–Crippen MR) is 77.9 cm³/mol. The van der Waals surface area contributed by atoms with Gasteiger partial charge < -0.3 is 4.74 Å². The third kappa shape index (κ3) is 2.56. The van der Waals surface area contributed by atoms with Crippen LogP contribution in [0.15, 0.2) is 18.2 Å². The molecule has 0 amide bonds. The second-order valence-corrected chi connectivity index (χ2v) is 6.76. The quantitative estimate of drug-likeness (QED) is 0.340. The standard InChI is InChI=1S/C13H11BrN2O6/c14-11-5-13(11)4-8(13)6-22-12(17)7-1-9(15(18)19)3-10(2-7)16(20)21/h1-3,8,11H,4-6H2/t8-,11-,13-/m0/s1. The van der Waals surface area contributed by atoms with E-state index in [-0.39, 0.29) is 17.6 Å². The highest BCUT2D eigenvalue weighted by molar-refractivity contribution is 9.09. The van der Waals surface area contributed by atoms with Gasteiger partial charge in [-0.05, 0) is 18.3 Å². The summed E-state index contributed by atoms with van der Waals surface area (Å²) in [7, 11) is 0. The highest BCUT2D eigenvalue weighted by atomic mass is 79.9. The molecule has 22 heavy (non-hydrogen) atoms. The minimum absolute atomic E-state index is 0.179. The number of esters is 1. The third-order valence-corrected chi connectivity index (χ3v) is 5.51. The lowest BCUT2D eigenvalue weighted by Crippen LogP contribution is -2.09. The molecule has 0 heterocycles. The number of ether oxygens (including phenoxy) is 1. The maximum atomic E-state index is 12.0. The summed E-state index contributed by atoms with van der Waals surface area (Å²) in [6.45, 7) is 0.234. The molecule has 9 heteroatoms. The number of nitro groups is 2. The van der Waals surface area contributed by atoms with Gasteiger partial charge in [0, 0.05) is 22.9 Å². The van der Waals surface area contributed by atoms with E-state index in [0.29, 0.717) is 10.7 Å². The van der Waals surface area contributed by atoms with E-state index in [1.54, 1.807) is 0 Å². The van der Waals surface area contributed by atoms with Crippen molar-refractivity contribution >= 4 is 33.3 Å². The number of halogens is 1. The Bertz CT molecular complexity index is 661. The summed E-state index contributed by atoms with van der Waals surface area (Å²) < 4.78 is 5.14. The summed E-state index contributed by atoms with van der Waals surface area (Å²) in [6.07, 6.45) is 2.06. The number of nitrogens with zero attached hydrogens (tertiary/aromatic N) is 2. The van der Waals surface area contributed by atoms with Crippen LogP contribution >= 0.6 is 15.9 Å². The van der Waals surface area contributed by atoms with Gasteiger partial charge in [0.15, 0.2) is 0 Å². The number of hydrogen-bond acceptors (Lipinski definition) is 6. The summed E-state index contributed by atoms with van der Waals surface area (Å²) >= 11 is 3.52. The van der Waals surface area contributed by atoms with Gasteiger partial charge in [-0.2, -0.15) is 0 Å². The number of non-ortho nitro benzene ring substituents is 2. The fraction of sp³-hybridized carbons (Fsp3) is 0.462. The van der Waals surface area contributed by atoms with Crippen LogP contribution in [-0.4, -0.2) is 27.2 Å². The number of rotatable bonds is 5. The SMILES string of the molecule is O=C(OC[C@@H]1C[C@]12C[C@@H]2Br)c1cc([N+](=O)[O-])cc([N+](=O)[O-])c1. The topological polar surface area (TPSA) is 113 Å². The van der Waals surface area contributed by atoms with Gasteiger partial charge in [0.1, 0.15) is 0 Å². The number of carbonyl (C=O) groups is 1. The third-order valence-electron chi connectivity index (χ3n) is 4.28. The first kappa shape index (κ1) is 14.9. The minimum atomic E-state index is -0.778. The van der Waals surface area contributed by atoms with E-state index in [0.717, 1.165) is 31.0 Å². The Labute approximate surface area is 132 Å². The van der Waals surface area contributed by atoms with Crippen molar-refractivity contribution in [1.29, 1.82) is 0 Å². The van der Waals surface area contributed by atoms with Crippen LogP contribution in [0.2, 0.25) is 0 Å². The molecular formula is C13H11BrN2O6. The Balaban J connectivity index is 1.71. The van der Waals surface area contributed by atoms with Gasteiger partial charge in [0.2, 0.25) is 0 Å². The molecule has 0 unspecified atom stereocenters. The highest BCUT2D eigenvalue weighted by Gasteiger charge is 2.69. The number of hydrogen-bond donors (Lipinski definition) is 0. The average Bonchev–Trinajstić information content (AvgIpc) is 3.34. The zero-order valence-corrected chi connectivity index (χ0v) is 12.8. The number of nitro benzene ring substituents is 2. The van der Waals surface area contributed by atoms with E-state index in [4.69, 9.17) is 4.74 Å². The molecule has 1 aromatic rings. The fourth-order valence-electron chi connectivity index (χ4n) is 2.72. The molecule has 0 radical (unpaired) electrons. The van der Waals surface area contributed by atoms with Crippen LogP contribution in [0.4, 0.5) is 11.4 Å². The summed E-state index contributed by atoms with van der Waals surface area (Å²) in [5.41, 5.74) is -0.935. The predicted octanol–water partition coefficient (Wildman–Crippen LogP) is 2.83. The van der Waals surface area contributed by atoms with Gasteiger partial charge in [-0.3, -0.25) is 20.2 Å². The lowest BCUT2D eigenvalue weighted by molar-refractivity contribution is -0.394. The van der Waals surface area contributed by atoms with Gasteiger partial charge in [-0.25, -0.2) is 4.79 Å². The molecule has 1 aromatic carbocycles. The van der Waals surface area contributed by atoms with Crippen molar-refractivity contribution in [2.45, 2.75) is 17.7 Å². The molecule has 1 spiro atoms. The van der Waals surface area contributed by atoms with E-state index < -0.39 is 27.2 Å². The van der Waals surface area contributed by atoms with Crippen LogP contribution in [0, 0.1) is 31.6 Å². The molecule has 2 fully saturated rings. The second kappa shape index (κ2) is 5.01. The highest BCUT2D eigenvalue weighted by Crippen LogP contribution is 2.73. The summed E-state index contributed by atoms with van der Waals surface area (Å²) in [5.74, 6) is -0.477. The molecule has 0 saturated heterocycles. The van der Waals surface area contributed by atoms with E-state index in [2.05, 4.69) is 15.9 Å². The summed E-state index contributed by atoms with van der Waals surface area (Å²) in [6, 6.07) is 2.79. The van der Waals surface area contributed by atoms with E-state index in [1.165, 1.54) is 0 Å². The van der Waals surface area contributed by atoms with Crippen molar-refractivity contribution in [3.8, 4) is 0 Å². The Hall–Kier alpha value is -2.03. The van der Waals surface area contributed by atoms with Crippen molar-refractivity contribution in [2.24, 2.45) is 11.3 Å². The zero-order valence-electron chi connectivity index (χ0n) is 11.2. The van der Waals surface area contributed by atoms with Crippen LogP contribution in [0.5, 0.6) is 0 Å². The molecular weight excluding hydrogens is 360 g/mol. The molecule has 2 saturated carbocycles. The Morgan fingerprint density at radius 3 is 2.18 bits per heavy atom. The van der Waals surface area contributed by atoms with Crippen molar-refractivity contribution < 1.29 is 19.4 Å². The number of alkyl halides is 1. The van der Waals surface area contributed by atoms with Gasteiger partial charge in [-0.1, -0.05) is 15.9 Å². The van der Waals surface area contributed by atoms with Crippen LogP contribution < -0.4 is 0 Å². The normalized spacial score (nSPS) is 28.2. The van der Waals surface area contributed by atoms with Crippen molar-refractivity contribution in [3.05, 3.63) is 44.0 Å². The number of benzene rings is 1. The van der Waals surface area contributed by atoms with Gasteiger partial charge in [0.05, 0.1) is 28.1 Å². The van der Waals surface area contributed by atoms with Crippen LogP contribution in [0.3, 0.4) is 0 Å². The van der Waals surface area contributed by atoms with Crippen LogP contribution in [0.25, 0.3) is 0 Å². The van der Waals surface area contributed by atoms with Crippen LogP contribution in [-0.2, 0) is 4.74 Å². The van der Waals surface area contributed by atoms with Gasteiger partial charge >= 0.3 is 5.97 Å². The molecule has 0 aromatic heterocycles.